The molecule has 2 nitrogen and oxygen atoms in total. The maximum absolute atomic E-state index is 4.36. The Balaban J connectivity index is 2.37. The van der Waals surface area contributed by atoms with Gasteiger partial charge < -0.3 is 5.32 Å². The van der Waals surface area contributed by atoms with E-state index >= 15 is 0 Å². The van der Waals surface area contributed by atoms with Crippen molar-refractivity contribution in [2.75, 3.05) is 6.54 Å². The lowest BCUT2D eigenvalue weighted by Crippen LogP contribution is -2.12. The zero-order valence-electron chi connectivity index (χ0n) is 7.58. The van der Waals surface area contributed by atoms with E-state index < -0.39 is 0 Å². The van der Waals surface area contributed by atoms with Gasteiger partial charge in [0.15, 0.2) is 0 Å². The lowest BCUT2D eigenvalue weighted by Gasteiger charge is -2.01. The summed E-state index contributed by atoms with van der Waals surface area (Å²) in [5.74, 6) is 0. The molecule has 2 aromatic heterocycles. The molecule has 2 aromatic rings. The van der Waals surface area contributed by atoms with Gasteiger partial charge in [0, 0.05) is 22.8 Å². The highest BCUT2D eigenvalue weighted by Crippen LogP contribution is 2.22. The van der Waals surface area contributed by atoms with E-state index in [2.05, 4.69) is 34.7 Å². The van der Waals surface area contributed by atoms with Gasteiger partial charge in [-0.15, -0.1) is 11.3 Å². The van der Waals surface area contributed by atoms with Crippen molar-refractivity contribution in [3.63, 3.8) is 0 Å². The minimum absolute atomic E-state index is 0.866. The van der Waals surface area contributed by atoms with Gasteiger partial charge in [0.05, 0.1) is 5.69 Å². The predicted molar refractivity (Wildman–Crippen MR) is 57.0 cm³/mol. The van der Waals surface area contributed by atoms with E-state index in [9.17, 15) is 0 Å². The lowest BCUT2D eigenvalue weighted by atomic mass is 10.2. The molecule has 0 saturated heterocycles. The summed E-state index contributed by atoms with van der Waals surface area (Å²) in [6.45, 7) is 3.96. The van der Waals surface area contributed by atoms with E-state index in [0.717, 1.165) is 18.8 Å². The molecular weight excluding hydrogens is 180 g/mol. The normalized spacial score (nSPS) is 10.8. The van der Waals surface area contributed by atoms with Crippen LogP contribution in [-0.4, -0.2) is 11.5 Å². The van der Waals surface area contributed by atoms with Crippen molar-refractivity contribution in [2.45, 2.75) is 13.5 Å². The first kappa shape index (κ1) is 8.66. The minimum Gasteiger partial charge on any atom is -0.311 e. The van der Waals surface area contributed by atoms with Gasteiger partial charge in [-0.3, -0.25) is 4.98 Å². The minimum atomic E-state index is 0.866. The van der Waals surface area contributed by atoms with Crippen LogP contribution in [0.15, 0.2) is 23.7 Å². The Bertz CT molecular complexity index is 394. The molecule has 0 aliphatic carbocycles. The summed E-state index contributed by atoms with van der Waals surface area (Å²) < 4.78 is 1.32. The molecule has 3 heteroatoms. The third-order valence-electron chi connectivity index (χ3n) is 2.00. The number of fused-ring (bicyclic) bond motifs is 1. The summed E-state index contributed by atoms with van der Waals surface area (Å²) in [5, 5.41) is 6.69. The largest absolute Gasteiger partial charge is 0.311 e. The average molecular weight is 192 g/mol. The fourth-order valence-corrected chi connectivity index (χ4v) is 2.14. The van der Waals surface area contributed by atoms with Crippen molar-refractivity contribution in [1.29, 1.82) is 0 Å². The van der Waals surface area contributed by atoms with Gasteiger partial charge in [-0.05, 0) is 24.1 Å². The maximum atomic E-state index is 4.36. The summed E-state index contributed by atoms with van der Waals surface area (Å²) in [6.07, 6.45) is 1.88. The molecule has 0 unspecified atom stereocenters. The molecule has 0 aliphatic rings. The molecule has 68 valence electrons. The van der Waals surface area contributed by atoms with Crippen LogP contribution in [0.1, 0.15) is 12.6 Å². The summed E-state index contributed by atoms with van der Waals surface area (Å²) in [7, 11) is 0. The van der Waals surface area contributed by atoms with Gasteiger partial charge >= 0.3 is 0 Å². The molecule has 2 heterocycles. The van der Waals surface area contributed by atoms with Crippen molar-refractivity contribution in [2.24, 2.45) is 0 Å². The number of nitrogens with zero attached hydrogens (tertiary/aromatic N) is 1. The Morgan fingerprint density at radius 3 is 3.23 bits per heavy atom. The number of rotatable bonds is 3. The topological polar surface area (TPSA) is 24.9 Å². The highest BCUT2D eigenvalue weighted by molar-refractivity contribution is 7.17. The highest BCUT2D eigenvalue weighted by atomic mass is 32.1. The van der Waals surface area contributed by atoms with Crippen LogP contribution in [0.5, 0.6) is 0 Å². The summed E-state index contributed by atoms with van der Waals surface area (Å²) in [6, 6.07) is 4.20. The van der Waals surface area contributed by atoms with E-state index in [1.807, 2.05) is 6.20 Å². The van der Waals surface area contributed by atoms with Crippen LogP contribution >= 0.6 is 11.3 Å². The van der Waals surface area contributed by atoms with E-state index in [0.29, 0.717) is 0 Å². The molecular formula is C10H12N2S. The highest BCUT2D eigenvalue weighted by Gasteiger charge is 2.01. The number of pyridine rings is 1. The van der Waals surface area contributed by atoms with Crippen LogP contribution in [0.3, 0.4) is 0 Å². The van der Waals surface area contributed by atoms with Crippen molar-refractivity contribution in [1.82, 2.24) is 10.3 Å². The molecule has 0 saturated carbocycles. The fraction of sp³-hybridized carbons (Fsp3) is 0.300. The maximum Gasteiger partial charge on any atom is 0.0628 e. The first-order valence-electron chi connectivity index (χ1n) is 4.43. The van der Waals surface area contributed by atoms with Crippen molar-refractivity contribution < 1.29 is 0 Å². The SMILES string of the molecule is CCNCc1nccc2sccc12. The zero-order chi connectivity index (χ0) is 9.10. The molecule has 1 N–H and O–H groups in total. The lowest BCUT2D eigenvalue weighted by molar-refractivity contribution is 0.716. The molecule has 0 spiro atoms. The smallest absolute Gasteiger partial charge is 0.0628 e. The molecule has 13 heavy (non-hydrogen) atoms. The number of hydrogen-bond donors (Lipinski definition) is 1. The van der Waals surface area contributed by atoms with Crippen LogP contribution in [-0.2, 0) is 6.54 Å². The molecule has 2 rings (SSSR count). The number of hydrogen-bond acceptors (Lipinski definition) is 3. The molecule has 0 amide bonds. The van der Waals surface area contributed by atoms with Gasteiger partial charge in [0.25, 0.3) is 0 Å². The van der Waals surface area contributed by atoms with Crippen LogP contribution in [0.4, 0.5) is 0 Å². The second-order valence-corrected chi connectivity index (χ2v) is 3.82. The Morgan fingerprint density at radius 2 is 2.38 bits per heavy atom. The Kier molecular flexibility index (Phi) is 2.57. The Hall–Kier alpha value is -0.930. The molecule has 0 atom stereocenters. The van der Waals surface area contributed by atoms with Crippen LogP contribution < -0.4 is 5.32 Å². The predicted octanol–water partition coefficient (Wildman–Crippen LogP) is 2.41. The summed E-state index contributed by atoms with van der Waals surface area (Å²) in [4.78, 5) is 4.36. The molecule has 0 fully saturated rings. The molecule has 0 aliphatic heterocycles. The fourth-order valence-electron chi connectivity index (χ4n) is 1.34. The van der Waals surface area contributed by atoms with Gasteiger partial charge in [-0.2, -0.15) is 0 Å². The Morgan fingerprint density at radius 1 is 1.46 bits per heavy atom. The van der Waals surface area contributed by atoms with Crippen LogP contribution in [0.2, 0.25) is 0 Å². The summed E-state index contributed by atoms with van der Waals surface area (Å²) in [5.41, 5.74) is 1.15. The van der Waals surface area contributed by atoms with Crippen molar-refractivity contribution in [3.05, 3.63) is 29.4 Å². The number of thiophene rings is 1. The van der Waals surface area contributed by atoms with E-state index in [-0.39, 0.29) is 0 Å². The molecule has 0 bridgehead atoms. The first-order chi connectivity index (χ1) is 6.42. The van der Waals surface area contributed by atoms with E-state index in [1.165, 1.54) is 10.1 Å². The third kappa shape index (κ3) is 1.71. The summed E-state index contributed by atoms with van der Waals surface area (Å²) >= 11 is 1.77. The third-order valence-corrected chi connectivity index (χ3v) is 2.89. The average Bonchev–Trinajstić information content (AvgIpc) is 2.62. The number of nitrogens with one attached hydrogen (secondary N) is 1. The van der Waals surface area contributed by atoms with Gasteiger partial charge in [-0.1, -0.05) is 6.92 Å². The van der Waals surface area contributed by atoms with Crippen LogP contribution in [0.25, 0.3) is 10.1 Å². The monoisotopic (exact) mass is 192 g/mol. The Labute approximate surface area is 81.6 Å². The standard InChI is InChI=1S/C10H12N2S/c1-2-11-7-9-8-4-6-13-10(8)3-5-12-9/h3-6,11H,2,7H2,1H3. The second kappa shape index (κ2) is 3.85. The van der Waals surface area contributed by atoms with Gasteiger partial charge in [0.2, 0.25) is 0 Å². The molecule has 0 aromatic carbocycles. The van der Waals surface area contributed by atoms with Crippen molar-refractivity contribution in [3.8, 4) is 0 Å². The van der Waals surface area contributed by atoms with Crippen LogP contribution in [0, 0.1) is 0 Å². The van der Waals surface area contributed by atoms with Gasteiger partial charge in [-0.25, -0.2) is 0 Å². The number of aromatic nitrogens is 1. The van der Waals surface area contributed by atoms with E-state index in [4.69, 9.17) is 0 Å². The van der Waals surface area contributed by atoms with Gasteiger partial charge in [0.1, 0.15) is 0 Å². The van der Waals surface area contributed by atoms with Crippen molar-refractivity contribution >= 4 is 21.4 Å². The molecule has 0 radical (unpaired) electrons. The first-order valence-corrected chi connectivity index (χ1v) is 5.31. The van der Waals surface area contributed by atoms with E-state index in [1.54, 1.807) is 11.3 Å². The second-order valence-electron chi connectivity index (χ2n) is 2.87. The quantitative estimate of drug-likeness (QED) is 0.807. The zero-order valence-corrected chi connectivity index (χ0v) is 8.40.